The molecule has 4 nitrogen and oxygen atoms in total. The van der Waals surface area contributed by atoms with Gasteiger partial charge in [-0.05, 0) is 25.2 Å². The van der Waals surface area contributed by atoms with Crippen molar-refractivity contribution in [2.75, 3.05) is 6.54 Å². The molecule has 1 heterocycles. The molecule has 2 rings (SSSR count). The van der Waals surface area contributed by atoms with E-state index in [0.29, 0.717) is 12.5 Å². The fourth-order valence-electron chi connectivity index (χ4n) is 3.51. The van der Waals surface area contributed by atoms with Gasteiger partial charge in [-0.1, -0.05) is 25.8 Å². The van der Waals surface area contributed by atoms with Crippen molar-refractivity contribution in [3.63, 3.8) is 0 Å². The van der Waals surface area contributed by atoms with E-state index < -0.39 is 6.04 Å². The van der Waals surface area contributed by atoms with E-state index in [4.69, 9.17) is 11.0 Å². The molecule has 0 bridgehead atoms. The summed E-state index contributed by atoms with van der Waals surface area (Å²) in [5, 5.41) is 9.17. The zero-order valence-corrected chi connectivity index (χ0v) is 11.6. The van der Waals surface area contributed by atoms with Crippen LogP contribution < -0.4 is 5.73 Å². The Bertz CT molecular complexity index is 406. The summed E-state index contributed by atoms with van der Waals surface area (Å²) in [4.78, 5) is 14.3. The number of hydrogen-bond acceptors (Lipinski definition) is 3. The highest BCUT2D eigenvalue weighted by atomic mass is 16.2. The summed E-state index contributed by atoms with van der Waals surface area (Å²) in [6.45, 7) is 6.61. The van der Waals surface area contributed by atoms with Crippen molar-refractivity contribution >= 4 is 5.91 Å². The maximum Gasteiger partial charge on any atom is 0.241 e. The average molecular weight is 261 g/mol. The number of hydrogen-bond donors (Lipinski definition) is 1. The molecule has 104 valence electrons. The van der Waals surface area contributed by atoms with E-state index in [0.717, 1.165) is 32.1 Å². The second kappa shape index (κ2) is 5.34. The predicted molar refractivity (Wildman–Crippen MR) is 74.0 cm³/mol. The molecule has 0 spiro atoms. The smallest absolute Gasteiger partial charge is 0.241 e. The normalized spacial score (nSPS) is 30.9. The highest BCUT2D eigenvalue weighted by molar-refractivity contribution is 5.84. The first kappa shape index (κ1) is 14.1. The summed E-state index contributed by atoms with van der Waals surface area (Å²) in [6.07, 6.45) is 6.70. The van der Waals surface area contributed by atoms with E-state index in [1.54, 1.807) is 4.90 Å². The molecule has 1 aliphatic heterocycles. The van der Waals surface area contributed by atoms with Crippen molar-refractivity contribution in [3.8, 4) is 6.07 Å². The Hall–Kier alpha value is -1.34. The van der Waals surface area contributed by atoms with Crippen molar-refractivity contribution in [3.05, 3.63) is 12.7 Å². The molecule has 1 aliphatic carbocycles. The molecule has 1 amide bonds. The van der Waals surface area contributed by atoms with Gasteiger partial charge in [0.15, 0.2) is 0 Å². The second-order valence-corrected chi connectivity index (χ2v) is 6.10. The zero-order valence-electron chi connectivity index (χ0n) is 11.6. The van der Waals surface area contributed by atoms with Gasteiger partial charge >= 0.3 is 0 Å². The fraction of sp³-hybridized carbons (Fsp3) is 0.733. The van der Waals surface area contributed by atoms with Crippen LogP contribution in [0, 0.1) is 22.7 Å². The third-order valence-electron chi connectivity index (χ3n) is 4.77. The zero-order chi connectivity index (χ0) is 14.0. The Morgan fingerprint density at radius 2 is 2.21 bits per heavy atom. The number of nitriles is 1. The van der Waals surface area contributed by atoms with Crippen molar-refractivity contribution in [1.82, 2.24) is 4.90 Å². The van der Waals surface area contributed by atoms with E-state index in [-0.39, 0.29) is 17.4 Å². The molecule has 4 heteroatoms. The largest absolute Gasteiger partial charge is 0.325 e. The van der Waals surface area contributed by atoms with Gasteiger partial charge in [0.1, 0.15) is 6.04 Å². The summed E-state index contributed by atoms with van der Waals surface area (Å²) in [5.41, 5.74) is 5.98. The lowest BCUT2D eigenvalue weighted by Crippen LogP contribution is -2.53. The van der Waals surface area contributed by atoms with Gasteiger partial charge in [-0.2, -0.15) is 5.26 Å². The number of nitrogens with two attached hydrogens (primary N) is 1. The number of rotatable bonds is 3. The number of carbonyl (C=O) groups is 1. The Kier molecular flexibility index (Phi) is 3.96. The first-order valence-electron chi connectivity index (χ1n) is 7.13. The Morgan fingerprint density at radius 3 is 2.74 bits per heavy atom. The molecule has 0 aromatic rings. The summed E-state index contributed by atoms with van der Waals surface area (Å²) in [6, 6.07) is 1.37. The Balaban J connectivity index is 2.15. The average Bonchev–Trinajstić information content (AvgIpc) is 3.03. The van der Waals surface area contributed by atoms with E-state index in [1.165, 1.54) is 0 Å². The summed E-state index contributed by atoms with van der Waals surface area (Å²) in [7, 11) is 0. The van der Waals surface area contributed by atoms with Crippen molar-refractivity contribution in [1.29, 1.82) is 5.26 Å². The Morgan fingerprint density at radius 1 is 1.58 bits per heavy atom. The van der Waals surface area contributed by atoms with Crippen LogP contribution in [0.3, 0.4) is 0 Å². The van der Waals surface area contributed by atoms with E-state index in [2.05, 4.69) is 19.6 Å². The summed E-state index contributed by atoms with van der Waals surface area (Å²) >= 11 is 0. The minimum Gasteiger partial charge on any atom is -0.325 e. The van der Waals surface area contributed by atoms with Gasteiger partial charge in [-0.25, -0.2) is 0 Å². The fourth-order valence-corrected chi connectivity index (χ4v) is 3.51. The van der Waals surface area contributed by atoms with Crippen LogP contribution in [0.2, 0.25) is 0 Å². The minimum atomic E-state index is -0.548. The highest BCUT2D eigenvalue weighted by Gasteiger charge is 2.44. The molecule has 3 atom stereocenters. The van der Waals surface area contributed by atoms with Crippen LogP contribution in [0.1, 0.15) is 39.0 Å². The molecule has 0 aromatic heterocycles. The monoisotopic (exact) mass is 261 g/mol. The summed E-state index contributed by atoms with van der Waals surface area (Å²) < 4.78 is 0. The number of carbonyl (C=O) groups excluding carboxylic acids is 1. The standard InChI is InChI=1S/C15H23N3O/c1-3-15(6-4-5-7-15)13(17)14(19)18-10-11(2)8-12(18)9-16/h3,11-13H,1,4-8,10,17H2,2H3. The van der Waals surface area contributed by atoms with Crippen molar-refractivity contribution < 1.29 is 4.79 Å². The van der Waals surface area contributed by atoms with Gasteiger partial charge in [0.2, 0.25) is 5.91 Å². The van der Waals surface area contributed by atoms with Crippen LogP contribution in [0.5, 0.6) is 0 Å². The van der Waals surface area contributed by atoms with Crippen LogP contribution in [0.15, 0.2) is 12.7 Å². The minimum absolute atomic E-state index is 0.0716. The molecule has 0 radical (unpaired) electrons. The molecule has 19 heavy (non-hydrogen) atoms. The molecule has 2 N–H and O–H groups in total. The second-order valence-electron chi connectivity index (χ2n) is 6.10. The van der Waals surface area contributed by atoms with Gasteiger partial charge in [0.25, 0.3) is 0 Å². The molecule has 0 aromatic carbocycles. The van der Waals surface area contributed by atoms with Crippen LogP contribution in [-0.4, -0.2) is 29.4 Å². The van der Waals surface area contributed by atoms with E-state index >= 15 is 0 Å². The lowest BCUT2D eigenvalue weighted by molar-refractivity contribution is -0.135. The maximum atomic E-state index is 12.6. The molecule has 3 unspecified atom stereocenters. The third-order valence-corrected chi connectivity index (χ3v) is 4.77. The number of amides is 1. The van der Waals surface area contributed by atoms with Gasteiger partial charge in [-0.15, -0.1) is 6.58 Å². The van der Waals surface area contributed by atoms with Crippen LogP contribution in [-0.2, 0) is 4.79 Å². The van der Waals surface area contributed by atoms with Crippen LogP contribution in [0.4, 0.5) is 0 Å². The molecular weight excluding hydrogens is 238 g/mol. The van der Waals surface area contributed by atoms with E-state index in [9.17, 15) is 4.79 Å². The molecule has 2 aliphatic rings. The van der Waals surface area contributed by atoms with Gasteiger partial charge < -0.3 is 10.6 Å². The summed E-state index contributed by atoms with van der Waals surface area (Å²) in [5.74, 6) is 0.307. The third kappa shape index (κ3) is 2.40. The lowest BCUT2D eigenvalue weighted by Gasteiger charge is -2.34. The maximum absolute atomic E-state index is 12.6. The number of nitrogens with zero attached hydrogens (tertiary/aromatic N) is 2. The molecule has 1 saturated carbocycles. The quantitative estimate of drug-likeness (QED) is 0.788. The van der Waals surface area contributed by atoms with Gasteiger partial charge in [0.05, 0.1) is 12.1 Å². The predicted octanol–water partition coefficient (Wildman–Crippen LogP) is 1.82. The molecular formula is C15H23N3O. The first-order valence-corrected chi connectivity index (χ1v) is 7.13. The van der Waals surface area contributed by atoms with E-state index in [1.807, 2.05) is 6.08 Å². The van der Waals surface area contributed by atoms with Crippen molar-refractivity contribution in [2.45, 2.75) is 51.1 Å². The van der Waals surface area contributed by atoms with Gasteiger partial charge in [0, 0.05) is 12.0 Å². The Labute approximate surface area is 115 Å². The lowest BCUT2D eigenvalue weighted by atomic mass is 9.78. The molecule has 1 saturated heterocycles. The first-order chi connectivity index (χ1) is 9.04. The van der Waals surface area contributed by atoms with Crippen LogP contribution in [0.25, 0.3) is 0 Å². The number of likely N-dealkylation sites (tertiary alicyclic amines) is 1. The van der Waals surface area contributed by atoms with Crippen molar-refractivity contribution in [2.24, 2.45) is 17.1 Å². The van der Waals surface area contributed by atoms with Crippen LogP contribution >= 0.6 is 0 Å². The van der Waals surface area contributed by atoms with Gasteiger partial charge in [-0.3, -0.25) is 4.79 Å². The highest BCUT2D eigenvalue weighted by Crippen LogP contribution is 2.42. The SMILES string of the molecule is C=CC1(C(N)C(=O)N2CC(C)CC2C#N)CCCC1. The topological polar surface area (TPSA) is 70.1 Å². The molecule has 2 fully saturated rings.